The fourth-order valence-electron chi connectivity index (χ4n) is 3.72. The first-order valence-corrected chi connectivity index (χ1v) is 9.05. The molecule has 0 radical (unpaired) electrons. The molecule has 0 spiro atoms. The van der Waals surface area contributed by atoms with E-state index in [0.717, 1.165) is 18.5 Å². The van der Waals surface area contributed by atoms with Crippen LogP contribution in [0.4, 0.5) is 0 Å². The van der Waals surface area contributed by atoms with Gasteiger partial charge in [-0.05, 0) is 54.2 Å². The molecule has 3 rings (SSSR count). The lowest BCUT2D eigenvalue weighted by atomic mass is 9.85. The third-order valence-electron chi connectivity index (χ3n) is 4.53. The number of nitrogens with zero attached hydrogens (tertiary/aromatic N) is 1. The van der Waals surface area contributed by atoms with E-state index in [9.17, 15) is 0 Å². The summed E-state index contributed by atoms with van der Waals surface area (Å²) in [6.07, 6.45) is 7.14. The van der Waals surface area contributed by atoms with E-state index >= 15 is 0 Å². The molecule has 2 aliphatic rings. The molecule has 1 saturated carbocycles. The molecular weight excluding hydrogens is 320 g/mol. The summed E-state index contributed by atoms with van der Waals surface area (Å²) in [5.74, 6) is 0.961. The predicted octanol–water partition coefficient (Wildman–Crippen LogP) is 3.86. The van der Waals surface area contributed by atoms with Gasteiger partial charge in [0.05, 0.1) is 0 Å². The molecule has 2 nitrogen and oxygen atoms in total. The van der Waals surface area contributed by atoms with Gasteiger partial charge in [0.15, 0.2) is 0 Å². The van der Waals surface area contributed by atoms with E-state index in [0.29, 0.717) is 6.04 Å². The van der Waals surface area contributed by atoms with Gasteiger partial charge >= 0.3 is 0 Å². The third-order valence-corrected chi connectivity index (χ3v) is 6.21. The molecule has 4 heteroatoms. The van der Waals surface area contributed by atoms with Crippen LogP contribution in [-0.4, -0.2) is 30.6 Å². The lowest BCUT2D eigenvalue weighted by Gasteiger charge is -2.24. The van der Waals surface area contributed by atoms with Gasteiger partial charge in [-0.2, -0.15) is 0 Å². The second-order valence-corrected chi connectivity index (χ2v) is 8.09. The summed E-state index contributed by atoms with van der Waals surface area (Å²) in [5.41, 5.74) is 0. The Balaban J connectivity index is 1.48. The number of hydrogen-bond acceptors (Lipinski definition) is 3. The largest absolute Gasteiger partial charge is 0.310 e. The Labute approximate surface area is 128 Å². The summed E-state index contributed by atoms with van der Waals surface area (Å²) < 4.78 is 1.21. The summed E-state index contributed by atoms with van der Waals surface area (Å²) >= 11 is 5.38. The van der Waals surface area contributed by atoms with Crippen molar-refractivity contribution in [2.75, 3.05) is 13.6 Å². The maximum absolute atomic E-state index is 3.87. The van der Waals surface area contributed by atoms with Gasteiger partial charge in [0.2, 0.25) is 0 Å². The highest BCUT2D eigenvalue weighted by Crippen LogP contribution is 2.33. The van der Waals surface area contributed by atoms with Crippen LogP contribution >= 0.6 is 27.3 Å². The lowest BCUT2D eigenvalue weighted by molar-refractivity contribution is 0.291. The van der Waals surface area contributed by atoms with Gasteiger partial charge in [-0.1, -0.05) is 12.8 Å². The Bertz CT molecular complexity index is 406. The molecule has 3 unspecified atom stereocenters. The quantitative estimate of drug-likeness (QED) is 0.893. The van der Waals surface area contributed by atoms with Crippen molar-refractivity contribution in [3.05, 3.63) is 20.8 Å². The molecule has 0 aromatic carbocycles. The maximum atomic E-state index is 3.87. The Morgan fingerprint density at radius 1 is 1.42 bits per heavy atom. The summed E-state index contributed by atoms with van der Waals surface area (Å²) in [7, 11) is 2.25. The molecule has 3 atom stereocenters. The second kappa shape index (κ2) is 6.25. The minimum Gasteiger partial charge on any atom is -0.310 e. The van der Waals surface area contributed by atoms with E-state index in [2.05, 4.69) is 44.6 Å². The van der Waals surface area contributed by atoms with Crippen molar-refractivity contribution < 1.29 is 0 Å². The normalized spacial score (nSPS) is 30.8. The molecule has 0 bridgehead atoms. The minimum absolute atomic E-state index is 0.710. The van der Waals surface area contributed by atoms with Crippen molar-refractivity contribution in [1.82, 2.24) is 10.2 Å². The molecule has 1 aromatic rings. The average molecular weight is 343 g/mol. The first kappa shape index (κ1) is 14.1. The Morgan fingerprint density at radius 2 is 2.26 bits per heavy atom. The van der Waals surface area contributed by atoms with E-state index in [1.54, 1.807) is 0 Å². The number of rotatable bonds is 4. The zero-order valence-corrected chi connectivity index (χ0v) is 14.0. The summed E-state index contributed by atoms with van der Waals surface area (Å²) in [6.45, 7) is 2.26. The van der Waals surface area contributed by atoms with Gasteiger partial charge in [0.1, 0.15) is 0 Å². The summed E-state index contributed by atoms with van der Waals surface area (Å²) in [4.78, 5) is 3.91. The van der Waals surface area contributed by atoms with E-state index in [1.165, 1.54) is 48.0 Å². The van der Waals surface area contributed by atoms with Gasteiger partial charge in [0.25, 0.3) is 0 Å². The predicted molar refractivity (Wildman–Crippen MR) is 85.6 cm³/mol. The SMILES string of the molecule is CN(Cc1cc(Br)cs1)CC1CC2CCCCC2N1. The monoisotopic (exact) mass is 342 g/mol. The second-order valence-electron chi connectivity index (χ2n) is 6.18. The number of likely N-dealkylation sites (N-methyl/N-ethyl adjacent to an activating group) is 1. The van der Waals surface area contributed by atoms with E-state index in [1.807, 2.05) is 11.3 Å². The lowest BCUT2D eigenvalue weighted by Crippen LogP contribution is -2.38. The molecule has 1 aromatic heterocycles. The summed E-state index contributed by atoms with van der Waals surface area (Å²) in [5, 5.41) is 6.04. The van der Waals surface area contributed by atoms with Gasteiger partial charge in [-0.25, -0.2) is 0 Å². The molecule has 1 aliphatic heterocycles. The molecular formula is C15H23BrN2S. The van der Waals surface area contributed by atoms with Crippen LogP contribution in [0.25, 0.3) is 0 Å². The zero-order chi connectivity index (χ0) is 13.2. The van der Waals surface area contributed by atoms with Gasteiger partial charge in [-0.3, -0.25) is 4.90 Å². The van der Waals surface area contributed by atoms with Crippen LogP contribution in [0, 0.1) is 5.92 Å². The molecule has 2 heterocycles. The fourth-order valence-corrected chi connectivity index (χ4v) is 5.25. The molecule has 0 amide bonds. The molecule has 1 N–H and O–H groups in total. The maximum Gasteiger partial charge on any atom is 0.0325 e. The van der Waals surface area contributed by atoms with Crippen molar-refractivity contribution in [2.24, 2.45) is 5.92 Å². The van der Waals surface area contributed by atoms with Crippen molar-refractivity contribution in [3.63, 3.8) is 0 Å². The van der Waals surface area contributed by atoms with Gasteiger partial charge in [-0.15, -0.1) is 11.3 Å². The van der Waals surface area contributed by atoms with Gasteiger partial charge < -0.3 is 5.32 Å². The molecule has 1 aliphatic carbocycles. The van der Waals surface area contributed by atoms with Crippen molar-refractivity contribution in [2.45, 2.75) is 50.7 Å². The third kappa shape index (κ3) is 3.60. The number of hydrogen-bond donors (Lipinski definition) is 1. The highest BCUT2D eigenvalue weighted by molar-refractivity contribution is 9.10. The topological polar surface area (TPSA) is 15.3 Å². The number of nitrogens with one attached hydrogen (secondary N) is 1. The Hall–Kier alpha value is 0.1000. The zero-order valence-electron chi connectivity index (χ0n) is 11.6. The first-order chi connectivity index (χ1) is 9.20. The van der Waals surface area contributed by atoms with E-state index in [-0.39, 0.29) is 0 Å². The van der Waals surface area contributed by atoms with Crippen molar-refractivity contribution >= 4 is 27.3 Å². The fraction of sp³-hybridized carbons (Fsp3) is 0.733. The number of halogens is 1. The molecule has 1 saturated heterocycles. The van der Waals surface area contributed by atoms with Crippen LogP contribution in [0.3, 0.4) is 0 Å². The van der Waals surface area contributed by atoms with Gasteiger partial charge in [0, 0.05) is 39.9 Å². The summed E-state index contributed by atoms with van der Waals surface area (Å²) in [6, 6.07) is 3.77. The highest BCUT2D eigenvalue weighted by atomic mass is 79.9. The Kier molecular flexibility index (Phi) is 4.62. The molecule has 2 fully saturated rings. The standard InChI is InChI=1S/C15H23BrN2S/c1-18(9-14-7-12(16)10-19-14)8-13-6-11-4-2-3-5-15(11)17-13/h7,10-11,13,15,17H,2-6,8-9H2,1H3. The van der Waals surface area contributed by atoms with Crippen LogP contribution in [0.5, 0.6) is 0 Å². The van der Waals surface area contributed by atoms with Crippen LogP contribution in [-0.2, 0) is 6.54 Å². The smallest absolute Gasteiger partial charge is 0.0325 e. The molecule has 19 heavy (non-hydrogen) atoms. The molecule has 106 valence electrons. The number of fused-ring (bicyclic) bond motifs is 1. The van der Waals surface area contributed by atoms with Crippen LogP contribution < -0.4 is 5.32 Å². The minimum atomic E-state index is 0.710. The highest BCUT2D eigenvalue weighted by Gasteiger charge is 2.35. The average Bonchev–Trinajstić information content (AvgIpc) is 2.94. The van der Waals surface area contributed by atoms with Crippen molar-refractivity contribution in [3.8, 4) is 0 Å². The van der Waals surface area contributed by atoms with E-state index < -0.39 is 0 Å². The van der Waals surface area contributed by atoms with Crippen LogP contribution in [0.15, 0.2) is 15.9 Å². The first-order valence-electron chi connectivity index (χ1n) is 7.38. The van der Waals surface area contributed by atoms with Crippen LogP contribution in [0.1, 0.15) is 37.0 Å². The Morgan fingerprint density at radius 3 is 3.00 bits per heavy atom. The van der Waals surface area contributed by atoms with Crippen LogP contribution in [0.2, 0.25) is 0 Å². The van der Waals surface area contributed by atoms with E-state index in [4.69, 9.17) is 0 Å². The number of thiophene rings is 1. The van der Waals surface area contributed by atoms with Crippen molar-refractivity contribution in [1.29, 1.82) is 0 Å².